The lowest BCUT2D eigenvalue weighted by atomic mass is 10.2. The number of fused-ring (bicyclic) bond motifs is 1. The van der Waals surface area contributed by atoms with Gasteiger partial charge in [0.2, 0.25) is 0 Å². The van der Waals surface area contributed by atoms with E-state index in [4.69, 9.17) is 0 Å². The largest absolute Gasteiger partial charge is 0.305 e. The Labute approximate surface area is 121 Å². The van der Waals surface area contributed by atoms with Crippen LogP contribution in [0, 0.1) is 27.7 Å². The summed E-state index contributed by atoms with van der Waals surface area (Å²) >= 11 is 0. The summed E-state index contributed by atoms with van der Waals surface area (Å²) in [6, 6.07) is 1.87. The third-order valence-electron chi connectivity index (χ3n) is 3.58. The minimum atomic E-state index is -0.246. The third kappa shape index (κ3) is 2.16. The highest BCUT2D eigenvalue weighted by molar-refractivity contribution is 6.04. The first-order chi connectivity index (χ1) is 9.97. The van der Waals surface area contributed by atoms with Crippen LogP contribution in [0.3, 0.4) is 0 Å². The maximum Gasteiger partial charge on any atom is 0.260 e. The number of hydrogen-bond donors (Lipinski definition) is 2. The Morgan fingerprint density at radius 2 is 2.05 bits per heavy atom. The Balaban J connectivity index is 1.98. The van der Waals surface area contributed by atoms with Gasteiger partial charge in [0, 0.05) is 23.5 Å². The number of aromatic amines is 1. The highest BCUT2D eigenvalue weighted by Gasteiger charge is 2.16. The van der Waals surface area contributed by atoms with Gasteiger partial charge in [-0.1, -0.05) is 0 Å². The number of nitrogens with one attached hydrogen (secondary N) is 2. The van der Waals surface area contributed by atoms with Crippen LogP contribution in [0.1, 0.15) is 33.0 Å². The van der Waals surface area contributed by atoms with Crippen LogP contribution in [-0.2, 0) is 0 Å². The van der Waals surface area contributed by atoms with Crippen LogP contribution in [0.4, 0.5) is 5.82 Å². The van der Waals surface area contributed by atoms with Crippen LogP contribution in [0.25, 0.3) is 5.65 Å². The molecule has 0 aromatic carbocycles. The fraction of sp³-hybridized carbons (Fsp3) is 0.286. The molecule has 2 N–H and O–H groups in total. The lowest BCUT2D eigenvalue weighted by Gasteiger charge is -2.07. The van der Waals surface area contributed by atoms with Crippen molar-refractivity contribution in [2.24, 2.45) is 0 Å². The standard InChI is InChI=1S/C14H16N6O/c1-7-5-12-15-6-11(10(4)20(12)19-7)14(21)16-13-8(2)9(3)17-18-13/h5-6H,1-4H3,(H2,16,17,18,21). The maximum atomic E-state index is 12.4. The van der Waals surface area contributed by atoms with Crippen molar-refractivity contribution in [2.45, 2.75) is 27.7 Å². The predicted octanol–water partition coefficient (Wildman–Crippen LogP) is 1.94. The molecule has 108 valence electrons. The SMILES string of the molecule is Cc1cc2ncc(C(=O)Nc3n[nH]c(C)c3C)c(C)n2n1. The Kier molecular flexibility index (Phi) is 2.97. The van der Waals surface area contributed by atoms with Gasteiger partial charge in [0.25, 0.3) is 5.91 Å². The van der Waals surface area contributed by atoms with Crippen molar-refractivity contribution in [3.8, 4) is 0 Å². The monoisotopic (exact) mass is 284 g/mol. The van der Waals surface area contributed by atoms with E-state index in [0.717, 1.165) is 28.3 Å². The number of H-pyrrole nitrogens is 1. The summed E-state index contributed by atoms with van der Waals surface area (Å²) in [5.74, 6) is 0.290. The smallest absolute Gasteiger partial charge is 0.260 e. The van der Waals surface area contributed by atoms with E-state index < -0.39 is 0 Å². The quantitative estimate of drug-likeness (QED) is 0.752. The van der Waals surface area contributed by atoms with E-state index in [1.54, 1.807) is 10.7 Å². The Morgan fingerprint density at radius 1 is 1.29 bits per heavy atom. The van der Waals surface area contributed by atoms with Gasteiger partial charge < -0.3 is 5.32 Å². The molecular weight excluding hydrogens is 268 g/mol. The lowest BCUT2D eigenvalue weighted by Crippen LogP contribution is -2.16. The molecular formula is C14H16N6O. The molecule has 0 unspecified atom stereocenters. The number of carbonyl (C=O) groups is 1. The molecule has 0 radical (unpaired) electrons. The van der Waals surface area contributed by atoms with Gasteiger partial charge in [0.05, 0.1) is 17.0 Å². The Morgan fingerprint density at radius 3 is 2.71 bits per heavy atom. The van der Waals surface area contributed by atoms with Crippen LogP contribution in [0.2, 0.25) is 0 Å². The molecule has 1 amide bonds. The fourth-order valence-electron chi connectivity index (χ4n) is 2.17. The normalized spacial score (nSPS) is 11.0. The molecule has 3 aromatic heterocycles. The highest BCUT2D eigenvalue weighted by atomic mass is 16.1. The summed E-state index contributed by atoms with van der Waals surface area (Å²) in [5, 5.41) is 14.1. The predicted molar refractivity (Wildman–Crippen MR) is 78.5 cm³/mol. The molecule has 7 nitrogen and oxygen atoms in total. The average molecular weight is 284 g/mol. The molecule has 3 aromatic rings. The zero-order valence-electron chi connectivity index (χ0n) is 12.4. The van der Waals surface area contributed by atoms with Crippen LogP contribution in [0.15, 0.2) is 12.3 Å². The van der Waals surface area contributed by atoms with E-state index in [1.165, 1.54) is 0 Å². The molecule has 0 aliphatic heterocycles. The van der Waals surface area contributed by atoms with E-state index in [9.17, 15) is 4.79 Å². The second-order valence-corrected chi connectivity index (χ2v) is 5.09. The number of hydrogen-bond acceptors (Lipinski definition) is 4. The molecule has 0 atom stereocenters. The molecule has 0 fully saturated rings. The van der Waals surface area contributed by atoms with Crippen molar-refractivity contribution in [3.05, 3.63) is 40.5 Å². The second-order valence-electron chi connectivity index (χ2n) is 5.09. The van der Waals surface area contributed by atoms with E-state index >= 15 is 0 Å². The molecule has 0 saturated carbocycles. The fourth-order valence-corrected chi connectivity index (χ4v) is 2.17. The van der Waals surface area contributed by atoms with Crippen molar-refractivity contribution in [3.63, 3.8) is 0 Å². The number of nitrogens with zero attached hydrogens (tertiary/aromatic N) is 4. The van der Waals surface area contributed by atoms with Crippen LogP contribution in [-0.4, -0.2) is 30.7 Å². The van der Waals surface area contributed by atoms with Crippen LogP contribution in [0.5, 0.6) is 0 Å². The average Bonchev–Trinajstić information content (AvgIpc) is 2.96. The number of aromatic nitrogens is 5. The summed E-state index contributed by atoms with van der Waals surface area (Å²) in [4.78, 5) is 16.7. The first kappa shape index (κ1) is 13.3. The van der Waals surface area contributed by atoms with Crippen molar-refractivity contribution < 1.29 is 4.79 Å². The number of rotatable bonds is 2. The summed E-state index contributed by atoms with van der Waals surface area (Å²) in [6.45, 7) is 7.55. The molecule has 0 saturated heterocycles. The Hall–Kier alpha value is -2.70. The topological polar surface area (TPSA) is 88.0 Å². The molecule has 3 rings (SSSR count). The van der Waals surface area contributed by atoms with E-state index in [1.807, 2.05) is 33.8 Å². The number of carbonyl (C=O) groups excluding carboxylic acids is 1. The van der Waals surface area contributed by atoms with Crippen molar-refractivity contribution in [1.82, 2.24) is 24.8 Å². The van der Waals surface area contributed by atoms with Gasteiger partial charge in [-0.3, -0.25) is 9.89 Å². The highest BCUT2D eigenvalue weighted by Crippen LogP contribution is 2.16. The molecule has 0 spiro atoms. The molecule has 0 aliphatic carbocycles. The first-order valence-corrected chi connectivity index (χ1v) is 6.62. The molecule has 21 heavy (non-hydrogen) atoms. The van der Waals surface area contributed by atoms with Gasteiger partial charge >= 0.3 is 0 Å². The minimum absolute atomic E-state index is 0.246. The summed E-state index contributed by atoms with van der Waals surface area (Å²) < 4.78 is 1.67. The summed E-state index contributed by atoms with van der Waals surface area (Å²) in [6.07, 6.45) is 1.57. The van der Waals surface area contributed by atoms with Crippen molar-refractivity contribution in [2.75, 3.05) is 5.32 Å². The van der Waals surface area contributed by atoms with Crippen LogP contribution < -0.4 is 5.32 Å². The van der Waals surface area contributed by atoms with Gasteiger partial charge in [-0.05, 0) is 27.7 Å². The minimum Gasteiger partial charge on any atom is -0.305 e. The number of anilines is 1. The summed E-state index contributed by atoms with van der Waals surface area (Å²) in [5.41, 5.74) is 4.67. The van der Waals surface area contributed by atoms with Gasteiger partial charge in [-0.15, -0.1) is 0 Å². The van der Waals surface area contributed by atoms with Gasteiger partial charge in [0.1, 0.15) is 0 Å². The third-order valence-corrected chi connectivity index (χ3v) is 3.58. The molecule has 0 bridgehead atoms. The zero-order valence-corrected chi connectivity index (χ0v) is 12.4. The van der Waals surface area contributed by atoms with E-state index in [2.05, 4.69) is 25.6 Å². The summed E-state index contributed by atoms with van der Waals surface area (Å²) in [7, 11) is 0. The van der Waals surface area contributed by atoms with Crippen molar-refractivity contribution in [1.29, 1.82) is 0 Å². The maximum absolute atomic E-state index is 12.4. The second kappa shape index (κ2) is 4.69. The van der Waals surface area contributed by atoms with Crippen molar-refractivity contribution >= 4 is 17.4 Å². The van der Waals surface area contributed by atoms with E-state index in [-0.39, 0.29) is 5.91 Å². The van der Waals surface area contributed by atoms with Gasteiger partial charge in [-0.2, -0.15) is 10.2 Å². The molecule has 0 aliphatic rings. The number of amides is 1. The van der Waals surface area contributed by atoms with Gasteiger partial charge in [-0.25, -0.2) is 9.50 Å². The molecule has 3 heterocycles. The number of aryl methyl sites for hydroxylation is 3. The van der Waals surface area contributed by atoms with E-state index in [0.29, 0.717) is 11.4 Å². The lowest BCUT2D eigenvalue weighted by molar-refractivity contribution is 0.102. The Bertz CT molecular complexity index is 845. The first-order valence-electron chi connectivity index (χ1n) is 6.62. The zero-order chi connectivity index (χ0) is 15.1. The van der Waals surface area contributed by atoms with Gasteiger partial charge in [0.15, 0.2) is 11.5 Å². The molecule has 7 heteroatoms. The van der Waals surface area contributed by atoms with Crippen LogP contribution >= 0.6 is 0 Å².